The smallest absolute Gasteiger partial charge is 0.164 e. The quantitative estimate of drug-likeness (QED) is 0.0697. The average Bonchev–Trinajstić information content (AvgIpc) is 3.35. The molecule has 6 aromatic carbocycles. The highest BCUT2D eigenvalue weighted by Gasteiger charge is 2.16. The van der Waals surface area contributed by atoms with Crippen molar-refractivity contribution < 1.29 is 0 Å². The number of rotatable bonds is 12. The molecular weight excluding hydrogens is 759 g/mol. The Balaban J connectivity index is 1.32. The van der Waals surface area contributed by atoms with Crippen molar-refractivity contribution in [2.75, 3.05) is 0 Å². The Morgan fingerprint density at radius 1 is 0.468 bits per heavy atom. The fourth-order valence-corrected chi connectivity index (χ4v) is 7.07. The number of hydrogen-bond donors (Lipinski definition) is 0. The second kappa shape index (κ2) is 19.2. The molecule has 0 bridgehead atoms. The number of amidine groups is 1. The highest BCUT2D eigenvalue weighted by atomic mass is 15.0. The van der Waals surface area contributed by atoms with Gasteiger partial charge in [-0.2, -0.15) is 0 Å². The standard InChI is InChI=1S/C55H43N7/c1-5-39(26-25-38(4)51(56-6-2)57-7-3)48-35-49(42-27-29-43(30-28-42)52-58-31-16-32-59-52)37-50(36-48)55-61-53(46-23-14-21-44(33-46)40-17-10-8-11-18-40)60-54(62-55)47-24-15-22-45(34-47)41-19-12-9-13-20-41/h5-37H,1-2H2,3-4H3/b38-25+,39-26+,56-51?,57-7?. The van der Waals surface area contributed by atoms with Crippen molar-refractivity contribution in [1.82, 2.24) is 24.9 Å². The van der Waals surface area contributed by atoms with Crippen LogP contribution in [0.1, 0.15) is 19.4 Å². The lowest BCUT2D eigenvalue weighted by Gasteiger charge is -2.14. The average molecular weight is 802 g/mol. The largest absolute Gasteiger partial charge is 0.242 e. The van der Waals surface area contributed by atoms with Crippen molar-refractivity contribution in [2.45, 2.75) is 13.8 Å². The second-order valence-electron chi connectivity index (χ2n) is 14.3. The molecule has 8 rings (SSSR count). The fraction of sp³-hybridized carbons (Fsp3) is 0.0364. The minimum atomic E-state index is 0.533. The number of aromatic nitrogens is 5. The molecule has 7 heteroatoms. The van der Waals surface area contributed by atoms with Crippen LogP contribution in [0.2, 0.25) is 0 Å². The lowest BCUT2D eigenvalue weighted by Crippen LogP contribution is -2.01. The van der Waals surface area contributed by atoms with Gasteiger partial charge in [0.1, 0.15) is 0 Å². The number of allylic oxidation sites excluding steroid dienone is 4. The van der Waals surface area contributed by atoms with E-state index < -0.39 is 0 Å². The van der Waals surface area contributed by atoms with Gasteiger partial charge in [0.25, 0.3) is 0 Å². The summed E-state index contributed by atoms with van der Waals surface area (Å²) >= 11 is 0. The third kappa shape index (κ3) is 9.44. The maximum atomic E-state index is 5.23. The maximum absolute atomic E-state index is 5.23. The predicted octanol–water partition coefficient (Wildman–Crippen LogP) is 13.5. The predicted molar refractivity (Wildman–Crippen MR) is 257 cm³/mol. The van der Waals surface area contributed by atoms with E-state index in [4.69, 9.17) is 15.0 Å². The van der Waals surface area contributed by atoms with Crippen molar-refractivity contribution in [3.8, 4) is 78.9 Å². The van der Waals surface area contributed by atoms with E-state index in [1.54, 1.807) is 18.6 Å². The molecule has 0 aliphatic heterocycles. The lowest BCUT2D eigenvalue weighted by molar-refractivity contribution is 1.07. The van der Waals surface area contributed by atoms with Crippen molar-refractivity contribution in [2.24, 2.45) is 9.98 Å². The van der Waals surface area contributed by atoms with E-state index >= 15 is 0 Å². The molecule has 0 atom stereocenters. The van der Waals surface area contributed by atoms with Crippen LogP contribution in [0.25, 0.3) is 84.5 Å². The van der Waals surface area contributed by atoms with E-state index in [9.17, 15) is 0 Å². The zero-order chi connectivity index (χ0) is 42.7. The Labute approximate surface area is 362 Å². The van der Waals surface area contributed by atoms with Gasteiger partial charge in [-0.25, -0.2) is 34.9 Å². The van der Waals surface area contributed by atoms with Crippen molar-refractivity contribution in [3.63, 3.8) is 0 Å². The van der Waals surface area contributed by atoms with Crippen LogP contribution in [0.4, 0.5) is 0 Å². The highest BCUT2D eigenvalue weighted by molar-refractivity contribution is 6.02. The van der Waals surface area contributed by atoms with Gasteiger partial charge in [0, 0.05) is 47.1 Å². The van der Waals surface area contributed by atoms with Gasteiger partial charge in [-0.05, 0) is 100 Å². The summed E-state index contributed by atoms with van der Waals surface area (Å²) in [6.07, 6.45) is 12.6. The monoisotopic (exact) mass is 801 g/mol. The SMILES string of the molecule is C=CN=C(N=CC)/C(C)=C/C=C(\C=C)c1cc(-c2ccc(-c3ncccn3)cc2)cc(-c2nc(-c3cccc(-c4ccccc4)c3)nc(-c3cccc(-c4ccccc4)c3)n2)c1. The molecule has 0 aliphatic carbocycles. The number of hydrogen-bond acceptors (Lipinski definition) is 6. The Morgan fingerprint density at radius 2 is 0.952 bits per heavy atom. The van der Waals surface area contributed by atoms with Crippen LogP contribution in [0.15, 0.2) is 223 Å². The van der Waals surface area contributed by atoms with Gasteiger partial charge < -0.3 is 0 Å². The minimum absolute atomic E-state index is 0.533. The number of benzene rings is 6. The van der Waals surface area contributed by atoms with Gasteiger partial charge in [-0.1, -0.05) is 153 Å². The molecule has 0 amide bonds. The Kier molecular flexibility index (Phi) is 12.5. The molecule has 0 unspecified atom stereocenters. The first-order valence-electron chi connectivity index (χ1n) is 20.3. The molecule has 0 saturated carbocycles. The summed E-state index contributed by atoms with van der Waals surface area (Å²) in [6, 6.07) is 53.8. The van der Waals surface area contributed by atoms with E-state index in [1.807, 2.05) is 98.8 Å². The van der Waals surface area contributed by atoms with Crippen molar-refractivity contribution >= 4 is 17.6 Å². The molecule has 0 radical (unpaired) electrons. The summed E-state index contributed by atoms with van der Waals surface area (Å²) in [5, 5.41) is 0. The molecule has 0 N–H and O–H groups in total. The van der Waals surface area contributed by atoms with Gasteiger partial charge in [-0.3, -0.25) is 0 Å². The maximum Gasteiger partial charge on any atom is 0.164 e. The molecule has 0 spiro atoms. The van der Waals surface area contributed by atoms with Crippen LogP contribution in [0, 0.1) is 0 Å². The number of aliphatic imine (C=N–C) groups is 2. The Morgan fingerprint density at radius 3 is 1.50 bits per heavy atom. The molecular formula is C55H43N7. The molecule has 8 aromatic rings. The van der Waals surface area contributed by atoms with Gasteiger partial charge in [-0.15, -0.1) is 0 Å². The zero-order valence-corrected chi connectivity index (χ0v) is 34.6. The van der Waals surface area contributed by atoms with E-state index in [0.29, 0.717) is 29.1 Å². The van der Waals surface area contributed by atoms with E-state index in [-0.39, 0.29) is 0 Å². The zero-order valence-electron chi connectivity index (χ0n) is 34.6. The molecule has 298 valence electrons. The van der Waals surface area contributed by atoms with Crippen LogP contribution in [-0.2, 0) is 0 Å². The van der Waals surface area contributed by atoms with E-state index in [0.717, 1.165) is 72.3 Å². The van der Waals surface area contributed by atoms with E-state index in [1.165, 1.54) is 6.20 Å². The molecule has 0 fully saturated rings. The summed E-state index contributed by atoms with van der Waals surface area (Å²) in [4.78, 5) is 33.3. The molecule has 7 nitrogen and oxygen atoms in total. The molecule has 2 aromatic heterocycles. The van der Waals surface area contributed by atoms with Gasteiger partial charge >= 0.3 is 0 Å². The Bertz CT molecular complexity index is 2880. The fourth-order valence-electron chi connectivity index (χ4n) is 7.07. The first-order valence-corrected chi connectivity index (χ1v) is 20.3. The summed E-state index contributed by atoms with van der Waals surface area (Å²) in [7, 11) is 0. The third-order valence-corrected chi connectivity index (χ3v) is 10.2. The number of nitrogens with zero attached hydrogens (tertiary/aromatic N) is 7. The van der Waals surface area contributed by atoms with Gasteiger partial charge in [0.2, 0.25) is 0 Å². The van der Waals surface area contributed by atoms with Crippen molar-refractivity contribution in [3.05, 3.63) is 219 Å². The summed E-state index contributed by atoms with van der Waals surface area (Å²) in [5.41, 5.74) is 12.5. The summed E-state index contributed by atoms with van der Waals surface area (Å²) in [5.74, 6) is 2.91. The van der Waals surface area contributed by atoms with Crippen LogP contribution in [-0.4, -0.2) is 37.0 Å². The Hall–Kier alpha value is -8.29. The summed E-state index contributed by atoms with van der Waals surface area (Å²) < 4.78 is 0. The van der Waals surface area contributed by atoms with Crippen LogP contribution < -0.4 is 0 Å². The first kappa shape index (κ1) is 40.5. The lowest BCUT2D eigenvalue weighted by atomic mass is 9.94. The first-order chi connectivity index (χ1) is 30.5. The molecule has 0 aliphatic rings. The molecule has 2 heterocycles. The van der Waals surface area contributed by atoms with Gasteiger partial charge in [0.15, 0.2) is 29.1 Å². The highest BCUT2D eigenvalue weighted by Crippen LogP contribution is 2.34. The molecule has 0 saturated heterocycles. The van der Waals surface area contributed by atoms with E-state index in [2.05, 4.69) is 124 Å². The minimum Gasteiger partial charge on any atom is -0.242 e. The van der Waals surface area contributed by atoms with Crippen LogP contribution >= 0.6 is 0 Å². The van der Waals surface area contributed by atoms with Crippen LogP contribution in [0.5, 0.6) is 0 Å². The molecule has 62 heavy (non-hydrogen) atoms. The van der Waals surface area contributed by atoms with Crippen LogP contribution in [0.3, 0.4) is 0 Å². The topological polar surface area (TPSA) is 89.2 Å². The normalized spacial score (nSPS) is 12.1. The second-order valence-corrected chi connectivity index (χ2v) is 14.3. The summed E-state index contributed by atoms with van der Waals surface area (Å²) in [6.45, 7) is 11.8. The van der Waals surface area contributed by atoms with Crippen molar-refractivity contribution in [1.29, 1.82) is 0 Å². The van der Waals surface area contributed by atoms with Gasteiger partial charge in [0.05, 0.1) is 0 Å². The third-order valence-electron chi connectivity index (χ3n) is 10.2.